The van der Waals surface area contributed by atoms with Crippen LogP contribution in [0.1, 0.15) is 101 Å². The lowest BCUT2D eigenvalue weighted by molar-refractivity contribution is -0.126. The predicted octanol–water partition coefficient (Wildman–Crippen LogP) is 16.5. The second kappa shape index (κ2) is 30.2. The van der Waals surface area contributed by atoms with Crippen LogP contribution >= 0.6 is 0 Å². The van der Waals surface area contributed by atoms with Crippen molar-refractivity contribution < 1.29 is 77.7 Å². The summed E-state index contributed by atoms with van der Waals surface area (Å²) in [5, 5.41) is 2.27. The molecule has 3 aliphatic rings. The number of anilines is 2. The normalized spacial score (nSPS) is 17.3. The number of fused-ring (bicyclic) bond motifs is 3. The molecule has 2 aromatic heterocycles. The molecule has 0 bridgehead atoms. The monoisotopic (exact) mass is 1460 g/mol. The van der Waals surface area contributed by atoms with Crippen molar-refractivity contribution in [2.24, 2.45) is 14.1 Å². The highest BCUT2D eigenvalue weighted by molar-refractivity contribution is 6.27. The summed E-state index contributed by atoms with van der Waals surface area (Å²) >= 11 is 0. The Kier molecular flexibility index (Phi) is 21.0. The number of hydrogen-bond donors (Lipinski definition) is 1. The number of ether oxygens (including phenoxy) is 3. The summed E-state index contributed by atoms with van der Waals surface area (Å²) in [4.78, 5) is 78.0. The summed E-state index contributed by atoms with van der Waals surface area (Å²) in [6.45, 7) is 12.2. The highest BCUT2D eigenvalue weighted by Gasteiger charge is 2.51. The molecule has 0 radical (unpaired) electrons. The number of imide groups is 2. The topological polar surface area (TPSA) is 167 Å². The molecule has 0 saturated heterocycles. The number of rotatable bonds is 17. The SMILES string of the molecule is CCOc1cccc(-c2ccc3c(c2)C(C)(Cc2cc(F)cc(F)c2F)C(=O)N(c2cn(C)cn2)C3)c1.CCOc1cccc(-c2ccc3c(c2)C(C)(Cc2cc(F)cc(F)c2F)C(=O)N(c2cn(C)cn2)C3=O)c1.CCOc1cccc(-c2ccc3c(c2)C(C)(Cc2cc(F)cc(F)c2F)C(=O)NC3=O)c1. The number of nitrogens with zero attached hydrogens (tertiary/aromatic N) is 6. The van der Waals surface area contributed by atoms with Gasteiger partial charge in [0, 0.05) is 55.8 Å². The zero-order valence-electron chi connectivity index (χ0n) is 59.2. The zero-order chi connectivity index (χ0) is 76.6. The first-order valence-corrected chi connectivity index (χ1v) is 34.1. The summed E-state index contributed by atoms with van der Waals surface area (Å²) in [6.07, 6.45) is 5.31. The first kappa shape index (κ1) is 74.6. The molecule has 1 N–H and O–H groups in total. The molecule has 9 aromatic carbocycles. The molecule has 107 heavy (non-hydrogen) atoms. The largest absolute Gasteiger partial charge is 0.494 e. The maximum atomic E-state index is 14.8. The van der Waals surface area contributed by atoms with Crippen LogP contribution < -0.4 is 29.3 Å². The van der Waals surface area contributed by atoms with Gasteiger partial charge in [-0.1, -0.05) is 60.7 Å². The van der Waals surface area contributed by atoms with Crippen LogP contribution in [-0.2, 0) is 70.5 Å². The average molecular weight is 1460 g/mol. The van der Waals surface area contributed by atoms with Gasteiger partial charge in [0.2, 0.25) is 17.7 Å². The molecule has 5 heterocycles. The van der Waals surface area contributed by atoms with E-state index in [2.05, 4.69) is 15.3 Å². The van der Waals surface area contributed by atoms with Crippen LogP contribution in [0.3, 0.4) is 0 Å². The number of carbonyl (C=O) groups excluding carboxylic acids is 5. The quantitative estimate of drug-likeness (QED) is 0.0526. The van der Waals surface area contributed by atoms with Crippen molar-refractivity contribution in [1.29, 1.82) is 0 Å². The predicted molar refractivity (Wildman–Crippen MR) is 383 cm³/mol. The van der Waals surface area contributed by atoms with Gasteiger partial charge in [0.15, 0.2) is 46.5 Å². The van der Waals surface area contributed by atoms with Gasteiger partial charge in [-0.05, 0) is 218 Å². The smallest absolute Gasteiger partial charge is 0.266 e. The van der Waals surface area contributed by atoms with E-state index in [1.54, 1.807) is 86.0 Å². The van der Waals surface area contributed by atoms with E-state index in [0.29, 0.717) is 83.2 Å². The van der Waals surface area contributed by atoms with Gasteiger partial charge >= 0.3 is 0 Å². The number of amides is 5. The summed E-state index contributed by atoms with van der Waals surface area (Å²) in [7, 11) is 3.49. The maximum Gasteiger partial charge on any atom is 0.266 e. The third-order valence-electron chi connectivity index (χ3n) is 19.2. The van der Waals surface area contributed by atoms with E-state index >= 15 is 0 Å². The summed E-state index contributed by atoms with van der Waals surface area (Å²) in [5.74, 6) is -10.7. The lowest BCUT2D eigenvalue weighted by Gasteiger charge is -2.40. The van der Waals surface area contributed by atoms with Crippen LogP contribution in [0.15, 0.2) is 189 Å². The number of halogens is 9. The van der Waals surface area contributed by atoms with Gasteiger partial charge < -0.3 is 23.3 Å². The van der Waals surface area contributed by atoms with Crippen LogP contribution in [0.25, 0.3) is 33.4 Å². The Morgan fingerprint density at radius 3 is 1.24 bits per heavy atom. The highest BCUT2D eigenvalue weighted by Crippen LogP contribution is 2.45. The van der Waals surface area contributed by atoms with Gasteiger partial charge in [-0.15, -0.1) is 0 Å². The van der Waals surface area contributed by atoms with Crippen molar-refractivity contribution in [3.8, 4) is 50.6 Å². The molecule has 0 saturated carbocycles. The van der Waals surface area contributed by atoms with Crippen molar-refractivity contribution in [2.45, 2.75) is 83.6 Å². The highest BCUT2D eigenvalue weighted by atomic mass is 19.2. The molecule has 548 valence electrons. The minimum absolute atomic E-state index is 0.0961. The Morgan fingerprint density at radius 2 is 0.813 bits per heavy atom. The van der Waals surface area contributed by atoms with Crippen LogP contribution in [0.4, 0.5) is 51.1 Å². The number of aromatic nitrogens is 4. The van der Waals surface area contributed by atoms with E-state index in [1.165, 1.54) is 24.3 Å². The molecule has 14 rings (SSSR count). The molecule has 3 atom stereocenters. The third kappa shape index (κ3) is 14.9. The standard InChI is InChI=1S/C29H24F3N3O3.C29H26F3N3O2.C25H20F3NO3/c1-4-38-21-7-5-6-17(11-21)18-8-9-22-23(12-18)29(2,14-19-10-20(30)13-24(31)26(19)32)28(37)35(27(22)36)25-15-34(3)16-33-25;1-4-37-23-7-5-6-18(11-23)19-8-9-20-15-35(26-16-34(3)17-33-26)28(36)29(2,24(20)12-19)14-21-10-22(30)13-25(31)27(21)32;1-3-32-18-6-4-5-14(10-18)15-7-8-19-20(11-15)25(2,24(31)29-23(19)30)13-16-9-17(26)12-21(27)22(16)28/h5-13,15-16H,4,14H2,1-3H3;5-13,16-17H,4,14-15H2,1-3H3;4-12H,3,13H2,1-2H3,(H,29,30,31). The van der Waals surface area contributed by atoms with Crippen molar-refractivity contribution in [3.05, 3.63) is 291 Å². The third-order valence-corrected chi connectivity index (χ3v) is 19.2. The van der Waals surface area contributed by atoms with Gasteiger partial charge in [0.1, 0.15) is 34.7 Å². The van der Waals surface area contributed by atoms with Gasteiger partial charge in [0.05, 0.1) is 55.3 Å². The number of aryl methyl sites for hydroxylation is 2. The number of imidazole rings is 2. The lowest BCUT2D eigenvalue weighted by Crippen LogP contribution is -2.54. The Balaban J connectivity index is 0.000000151. The fourth-order valence-electron chi connectivity index (χ4n) is 13.9. The second-order valence-corrected chi connectivity index (χ2v) is 26.8. The first-order chi connectivity index (χ1) is 51.0. The van der Waals surface area contributed by atoms with Gasteiger partial charge in [-0.2, -0.15) is 0 Å². The molecule has 3 unspecified atom stereocenters. The Bertz CT molecular complexity index is 5350. The number of hydrogen-bond acceptors (Lipinski definition) is 10. The molecule has 0 aliphatic carbocycles. The van der Waals surface area contributed by atoms with Crippen molar-refractivity contribution in [2.75, 3.05) is 29.6 Å². The Labute approximate surface area is 609 Å². The van der Waals surface area contributed by atoms with E-state index in [-0.39, 0.29) is 58.9 Å². The molecule has 11 aromatic rings. The van der Waals surface area contributed by atoms with Crippen LogP contribution in [0.2, 0.25) is 0 Å². The summed E-state index contributed by atoms with van der Waals surface area (Å²) in [5.41, 5.74) is 2.23. The fraction of sp³-hybridized carbons (Fsp3) is 0.217. The molecule has 5 amide bonds. The van der Waals surface area contributed by atoms with Gasteiger partial charge in [-0.25, -0.2) is 54.4 Å². The Morgan fingerprint density at radius 1 is 0.430 bits per heavy atom. The molecule has 15 nitrogen and oxygen atoms in total. The van der Waals surface area contributed by atoms with E-state index in [9.17, 15) is 63.5 Å². The summed E-state index contributed by atoms with van der Waals surface area (Å²) in [6, 6.07) is 42.2. The minimum Gasteiger partial charge on any atom is -0.494 e. The lowest BCUT2D eigenvalue weighted by atomic mass is 9.71. The van der Waals surface area contributed by atoms with E-state index in [4.69, 9.17) is 14.2 Å². The van der Waals surface area contributed by atoms with E-state index < -0.39 is 98.6 Å². The van der Waals surface area contributed by atoms with E-state index in [1.807, 2.05) is 112 Å². The van der Waals surface area contributed by atoms with Crippen molar-refractivity contribution in [1.82, 2.24) is 24.4 Å². The summed E-state index contributed by atoms with van der Waals surface area (Å²) < 4.78 is 148. The average Bonchev–Trinajstić information content (AvgIpc) is 1.50. The zero-order valence-corrected chi connectivity index (χ0v) is 59.2. The van der Waals surface area contributed by atoms with Gasteiger partial charge in [0.25, 0.3) is 11.8 Å². The minimum atomic E-state index is -1.56. The number of nitrogens with one attached hydrogen (secondary N) is 1. The Hall–Kier alpha value is -12.1. The number of benzene rings is 9. The molecule has 24 heteroatoms. The van der Waals surface area contributed by atoms with Crippen molar-refractivity contribution >= 4 is 41.2 Å². The molecule has 0 fully saturated rings. The van der Waals surface area contributed by atoms with Crippen LogP contribution in [0, 0.1) is 52.4 Å². The molecular formula is C83H70F9N7O8. The maximum absolute atomic E-state index is 14.8. The molecule has 3 aliphatic heterocycles. The van der Waals surface area contributed by atoms with Crippen LogP contribution in [-0.4, -0.2) is 68.5 Å². The first-order valence-electron chi connectivity index (χ1n) is 34.1. The molecular weight excluding hydrogens is 1390 g/mol. The van der Waals surface area contributed by atoms with E-state index in [0.717, 1.165) is 56.7 Å². The number of carbonyl (C=O) groups is 5. The second-order valence-electron chi connectivity index (χ2n) is 26.8. The molecule has 0 spiro atoms. The van der Waals surface area contributed by atoms with Crippen LogP contribution in [0.5, 0.6) is 17.2 Å². The van der Waals surface area contributed by atoms with Gasteiger partial charge in [-0.3, -0.25) is 34.2 Å². The van der Waals surface area contributed by atoms with Crippen molar-refractivity contribution in [3.63, 3.8) is 0 Å². The fourth-order valence-corrected chi connectivity index (χ4v) is 13.9.